The lowest BCUT2D eigenvalue weighted by atomic mass is 10.3. The number of nitrogens with one attached hydrogen (secondary N) is 1. The summed E-state index contributed by atoms with van der Waals surface area (Å²) in [6, 6.07) is 8.06. The molecular weight excluding hydrogens is 260 g/mol. The second kappa shape index (κ2) is 4.57. The Balaban J connectivity index is 2.02. The van der Waals surface area contributed by atoms with E-state index in [9.17, 15) is 0 Å². The Labute approximate surface area is 95.1 Å². The van der Waals surface area contributed by atoms with Crippen molar-refractivity contribution in [2.45, 2.75) is 6.54 Å². The van der Waals surface area contributed by atoms with Crippen LogP contribution in [0.1, 0.15) is 5.69 Å². The van der Waals surface area contributed by atoms with E-state index in [0.717, 1.165) is 22.4 Å². The van der Waals surface area contributed by atoms with Crippen molar-refractivity contribution >= 4 is 33.0 Å². The summed E-state index contributed by atoms with van der Waals surface area (Å²) in [7, 11) is 0. The molecule has 4 heteroatoms. The zero-order chi connectivity index (χ0) is 9.80. The van der Waals surface area contributed by atoms with Crippen molar-refractivity contribution in [1.29, 1.82) is 0 Å². The van der Waals surface area contributed by atoms with Crippen LogP contribution in [-0.4, -0.2) is 4.98 Å². The molecule has 0 amide bonds. The molecule has 0 aliphatic heterocycles. The van der Waals surface area contributed by atoms with E-state index < -0.39 is 0 Å². The fraction of sp³-hybridized carbons (Fsp3) is 0.100. The van der Waals surface area contributed by atoms with Crippen molar-refractivity contribution in [2.75, 3.05) is 5.32 Å². The maximum Gasteiger partial charge on any atom is 0.0795 e. The molecule has 0 saturated heterocycles. The zero-order valence-corrected chi connectivity index (χ0v) is 9.81. The van der Waals surface area contributed by atoms with E-state index in [-0.39, 0.29) is 0 Å². The predicted octanol–water partition coefficient (Wildman–Crippen LogP) is 3.52. The minimum absolute atomic E-state index is 0.770. The number of para-hydroxylation sites is 1. The third-order valence-corrected chi connectivity index (χ3v) is 3.14. The SMILES string of the molecule is Brc1ccccc1NCc1cscn1. The van der Waals surface area contributed by atoms with Crippen molar-refractivity contribution in [3.8, 4) is 0 Å². The number of nitrogens with zero attached hydrogens (tertiary/aromatic N) is 1. The molecule has 0 radical (unpaired) electrons. The van der Waals surface area contributed by atoms with Gasteiger partial charge in [-0.2, -0.15) is 0 Å². The highest BCUT2D eigenvalue weighted by molar-refractivity contribution is 9.10. The molecule has 0 aliphatic carbocycles. The fourth-order valence-corrected chi connectivity index (χ4v) is 2.10. The molecule has 0 bridgehead atoms. The summed E-state index contributed by atoms with van der Waals surface area (Å²) < 4.78 is 1.08. The van der Waals surface area contributed by atoms with Gasteiger partial charge in [0.15, 0.2) is 0 Å². The van der Waals surface area contributed by atoms with Gasteiger partial charge in [0.05, 0.1) is 17.7 Å². The van der Waals surface area contributed by atoms with Crippen molar-refractivity contribution in [2.24, 2.45) is 0 Å². The maximum atomic E-state index is 4.20. The lowest BCUT2D eigenvalue weighted by molar-refractivity contribution is 1.07. The summed E-state index contributed by atoms with van der Waals surface area (Å²) in [4.78, 5) is 4.20. The van der Waals surface area contributed by atoms with Crippen molar-refractivity contribution < 1.29 is 0 Å². The van der Waals surface area contributed by atoms with Crippen LogP contribution < -0.4 is 5.32 Å². The van der Waals surface area contributed by atoms with Crippen molar-refractivity contribution in [3.05, 3.63) is 45.3 Å². The molecule has 1 aromatic carbocycles. The Morgan fingerprint density at radius 1 is 1.36 bits per heavy atom. The minimum Gasteiger partial charge on any atom is -0.378 e. The molecule has 0 aliphatic rings. The van der Waals surface area contributed by atoms with E-state index in [2.05, 4.69) is 26.2 Å². The van der Waals surface area contributed by atoms with Gasteiger partial charge in [0.2, 0.25) is 0 Å². The van der Waals surface area contributed by atoms with E-state index in [1.165, 1.54) is 0 Å². The summed E-state index contributed by atoms with van der Waals surface area (Å²) in [5.74, 6) is 0. The minimum atomic E-state index is 0.770. The average Bonchev–Trinajstić information content (AvgIpc) is 2.69. The topological polar surface area (TPSA) is 24.9 Å². The number of halogens is 1. The number of rotatable bonds is 3. The molecule has 1 heterocycles. The number of hydrogen-bond acceptors (Lipinski definition) is 3. The molecule has 0 unspecified atom stereocenters. The third-order valence-electron chi connectivity index (χ3n) is 1.82. The number of benzene rings is 1. The highest BCUT2D eigenvalue weighted by Crippen LogP contribution is 2.21. The Morgan fingerprint density at radius 3 is 2.93 bits per heavy atom. The Kier molecular flexibility index (Phi) is 3.16. The van der Waals surface area contributed by atoms with Crippen molar-refractivity contribution in [1.82, 2.24) is 4.98 Å². The predicted molar refractivity (Wildman–Crippen MR) is 63.6 cm³/mol. The van der Waals surface area contributed by atoms with Crippen LogP contribution >= 0.6 is 27.3 Å². The molecular formula is C10H9BrN2S. The van der Waals surface area contributed by atoms with Gasteiger partial charge in [0.25, 0.3) is 0 Å². The van der Waals surface area contributed by atoms with Gasteiger partial charge in [0.1, 0.15) is 0 Å². The van der Waals surface area contributed by atoms with Gasteiger partial charge in [-0.25, -0.2) is 4.98 Å². The van der Waals surface area contributed by atoms with E-state index in [0.29, 0.717) is 0 Å². The molecule has 0 spiro atoms. The van der Waals surface area contributed by atoms with Gasteiger partial charge in [-0.1, -0.05) is 12.1 Å². The van der Waals surface area contributed by atoms with Crippen LogP contribution in [0.5, 0.6) is 0 Å². The smallest absolute Gasteiger partial charge is 0.0795 e. The van der Waals surface area contributed by atoms with E-state index in [4.69, 9.17) is 0 Å². The molecule has 0 saturated carbocycles. The summed E-state index contributed by atoms with van der Waals surface area (Å²) in [6.45, 7) is 0.770. The Bertz CT molecular complexity index is 400. The molecule has 0 fully saturated rings. The summed E-state index contributed by atoms with van der Waals surface area (Å²) >= 11 is 5.10. The molecule has 1 aromatic heterocycles. The first-order valence-corrected chi connectivity index (χ1v) is 5.95. The van der Waals surface area contributed by atoms with Gasteiger partial charge < -0.3 is 5.32 Å². The van der Waals surface area contributed by atoms with E-state index in [1.807, 2.05) is 35.2 Å². The van der Waals surface area contributed by atoms with Gasteiger partial charge >= 0.3 is 0 Å². The van der Waals surface area contributed by atoms with Crippen LogP contribution in [0.15, 0.2) is 39.6 Å². The van der Waals surface area contributed by atoms with Crippen LogP contribution in [0.2, 0.25) is 0 Å². The first-order chi connectivity index (χ1) is 6.86. The van der Waals surface area contributed by atoms with Gasteiger partial charge in [0, 0.05) is 15.5 Å². The number of thiazole rings is 1. The molecule has 0 atom stereocenters. The number of hydrogen-bond donors (Lipinski definition) is 1. The van der Waals surface area contributed by atoms with Gasteiger partial charge in [-0.3, -0.25) is 0 Å². The molecule has 72 valence electrons. The van der Waals surface area contributed by atoms with E-state index in [1.54, 1.807) is 11.3 Å². The molecule has 2 aromatic rings. The van der Waals surface area contributed by atoms with Gasteiger partial charge in [-0.05, 0) is 28.1 Å². The summed E-state index contributed by atoms with van der Waals surface area (Å²) in [5.41, 5.74) is 4.02. The average molecular weight is 269 g/mol. The summed E-state index contributed by atoms with van der Waals surface area (Å²) in [5, 5.41) is 5.36. The fourth-order valence-electron chi connectivity index (χ4n) is 1.12. The number of aromatic nitrogens is 1. The second-order valence-corrected chi connectivity index (χ2v) is 4.39. The van der Waals surface area contributed by atoms with Crippen LogP contribution in [-0.2, 0) is 6.54 Å². The maximum absolute atomic E-state index is 4.20. The zero-order valence-electron chi connectivity index (χ0n) is 7.40. The number of anilines is 1. The van der Waals surface area contributed by atoms with Crippen molar-refractivity contribution in [3.63, 3.8) is 0 Å². The first-order valence-electron chi connectivity index (χ1n) is 4.22. The quantitative estimate of drug-likeness (QED) is 0.922. The Morgan fingerprint density at radius 2 is 2.21 bits per heavy atom. The largest absolute Gasteiger partial charge is 0.378 e. The molecule has 1 N–H and O–H groups in total. The van der Waals surface area contributed by atoms with Crippen LogP contribution in [0.25, 0.3) is 0 Å². The standard InChI is InChI=1S/C10H9BrN2S/c11-9-3-1-2-4-10(9)12-5-8-6-14-7-13-8/h1-4,6-7,12H,5H2. The molecule has 2 rings (SSSR count). The van der Waals surface area contributed by atoms with Crippen LogP contribution in [0.3, 0.4) is 0 Å². The monoisotopic (exact) mass is 268 g/mol. The lowest BCUT2D eigenvalue weighted by Crippen LogP contribution is -1.99. The molecule has 2 nitrogen and oxygen atoms in total. The second-order valence-electron chi connectivity index (χ2n) is 2.81. The highest BCUT2D eigenvalue weighted by atomic mass is 79.9. The van der Waals surface area contributed by atoms with E-state index >= 15 is 0 Å². The van der Waals surface area contributed by atoms with Crippen LogP contribution in [0, 0.1) is 0 Å². The lowest BCUT2D eigenvalue weighted by Gasteiger charge is -2.05. The summed E-state index contributed by atoms with van der Waals surface area (Å²) in [6.07, 6.45) is 0. The van der Waals surface area contributed by atoms with Gasteiger partial charge in [-0.15, -0.1) is 11.3 Å². The molecule has 14 heavy (non-hydrogen) atoms. The Hall–Kier alpha value is -0.870. The third kappa shape index (κ3) is 2.33. The highest BCUT2D eigenvalue weighted by Gasteiger charge is 1.98. The normalized spacial score (nSPS) is 10.1. The first kappa shape index (κ1) is 9.68. The van der Waals surface area contributed by atoms with Crippen LogP contribution in [0.4, 0.5) is 5.69 Å².